The summed E-state index contributed by atoms with van der Waals surface area (Å²) in [6.07, 6.45) is 0. The zero-order chi connectivity index (χ0) is 16.4. The van der Waals surface area contributed by atoms with Crippen molar-refractivity contribution in [2.75, 3.05) is 13.1 Å². The van der Waals surface area contributed by atoms with Gasteiger partial charge in [-0.2, -0.15) is 5.10 Å². The van der Waals surface area contributed by atoms with Crippen LogP contribution in [0.2, 0.25) is 0 Å². The van der Waals surface area contributed by atoms with Crippen LogP contribution in [0.1, 0.15) is 17.2 Å². The molecule has 4 rings (SSSR count). The predicted molar refractivity (Wildman–Crippen MR) is 104 cm³/mol. The Bertz CT molecular complexity index is 788. The van der Waals surface area contributed by atoms with Gasteiger partial charge in [0.05, 0.1) is 5.69 Å². The van der Waals surface area contributed by atoms with Crippen LogP contribution in [-0.2, 0) is 6.54 Å². The molecule has 0 radical (unpaired) electrons. The van der Waals surface area contributed by atoms with Crippen molar-refractivity contribution in [3.05, 3.63) is 78.0 Å². The SMILES string of the molecule is Cl.N[C@@H]1CN(Cc2cc(-c3ccccc3)n[nH]2)C[C@H]1c1ccccc1. The van der Waals surface area contributed by atoms with Crippen LogP contribution in [0.15, 0.2) is 66.7 Å². The summed E-state index contributed by atoms with van der Waals surface area (Å²) in [5.41, 5.74) is 11.0. The highest BCUT2D eigenvalue weighted by molar-refractivity contribution is 5.85. The average molecular weight is 355 g/mol. The first-order valence-corrected chi connectivity index (χ1v) is 8.42. The van der Waals surface area contributed by atoms with Crippen LogP contribution in [-0.4, -0.2) is 34.2 Å². The number of nitrogens with one attached hydrogen (secondary N) is 1. The fourth-order valence-corrected chi connectivity index (χ4v) is 3.54. The van der Waals surface area contributed by atoms with Crippen molar-refractivity contribution >= 4 is 12.4 Å². The number of halogens is 1. The molecule has 1 saturated heterocycles. The quantitative estimate of drug-likeness (QED) is 0.754. The minimum atomic E-state index is 0. The van der Waals surface area contributed by atoms with Gasteiger partial charge in [0.1, 0.15) is 0 Å². The Morgan fingerprint density at radius 1 is 1.00 bits per heavy atom. The number of rotatable bonds is 4. The minimum absolute atomic E-state index is 0. The molecule has 1 fully saturated rings. The van der Waals surface area contributed by atoms with Gasteiger partial charge >= 0.3 is 0 Å². The van der Waals surface area contributed by atoms with Gasteiger partial charge in [-0.25, -0.2) is 0 Å². The molecule has 2 heterocycles. The molecular formula is C20H23ClN4. The van der Waals surface area contributed by atoms with Crippen LogP contribution >= 0.6 is 12.4 Å². The van der Waals surface area contributed by atoms with Gasteiger partial charge in [0.2, 0.25) is 0 Å². The van der Waals surface area contributed by atoms with E-state index in [4.69, 9.17) is 5.73 Å². The van der Waals surface area contributed by atoms with E-state index in [1.165, 1.54) is 5.56 Å². The normalized spacial score (nSPS) is 20.4. The van der Waals surface area contributed by atoms with Gasteiger partial charge in [0.25, 0.3) is 0 Å². The zero-order valence-corrected chi connectivity index (χ0v) is 14.8. The van der Waals surface area contributed by atoms with Gasteiger partial charge < -0.3 is 5.73 Å². The van der Waals surface area contributed by atoms with Gasteiger partial charge in [-0.05, 0) is 11.6 Å². The molecular weight excluding hydrogens is 332 g/mol. The molecule has 0 aliphatic carbocycles. The molecule has 0 saturated carbocycles. The smallest absolute Gasteiger partial charge is 0.0924 e. The maximum absolute atomic E-state index is 6.38. The third-order valence-corrected chi connectivity index (χ3v) is 4.76. The first-order valence-electron chi connectivity index (χ1n) is 8.42. The Hall–Kier alpha value is -2.14. The van der Waals surface area contributed by atoms with Crippen molar-refractivity contribution in [1.29, 1.82) is 0 Å². The zero-order valence-electron chi connectivity index (χ0n) is 14.0. The lowest BCUT2D eigenvalue weighted by Crippen LogP contribution is -2.28. The molecule has 1 aliphatic heterocycles. The molecule has 25 heavy (non-hydrogen) atoms. The highest BCUT2D eigenvalue weighted by Crippen LogP contribution is 2.27. The van der Waals surface area contributed by atoms with Gasteiger partial charge in [-0.1, -0.05) is 60.7 Å². The molecule has 1 aromatic heterocycles. The first-order chi connectivity index (χ1) is 11.8. The number of aromatic amines is 1. The summed E-state index contributed by atoms with van der Waals surface area (Å²) in [6, 6.07) is 23.2. The van der Waals surface area contributed by atoms with E-state index in [-0.39, 0.29) is 18.4 Å². The number of hydrogen-bond acceptors (Lipinski definition) is 3. The van der Waals surface area contributed by atoms with Crippen molar-refractivity contribution in [2.24, 2.45) is 5.73 Å². The lowest BCUT2D eigenvalue weighted by Gasteiger charge is -2.15. The van der Waals surface area contributed by atoms with Gasteiger partial charge in [0, 0.05) is 42.9 Å². The van der Waals surface area contributed by atoms with Crippen molar-refractivity contribution in [3.8, 4) is 11.3 Å². The van der Waals surface area contributed by atoms with Crippen molar-refractivity contribution in [3.63, 3.8) is 0 Å². The Morgan fingerprint density at radius 2 is 1.68 bits per heavy atom. The van der Waals surface area contributed by atoms with E-state index in [0.29, 0.717) is 5.92 Å². The lowest BCUT2D eigenvalue weighted by atomic mass is 9.95. The Morgan fingerprint density at radius 3 is 2.40 bits per heavy atom. The molecule has 0 amide bonds. The summed E-state index contributed by atoms with van der Waals surface area (Å²) in [7, 11) is 0. The number of nitrogens with zero attached hydrogens (tertiary/aromatic N) is 2. The lowest BCUT2D eigenvalue weighted by molar-refractivity contribution is 0.319. The maximum Gasteiger partial charge on any atom is 0.0924 e. The molecule has 3 N–H and O–H groups in total. The molecule has 2 aromatic carbocycles. The third kappa shape index (κ3) is 3.93. The van der Waals surface area contributed by atoms with Crippen LogP contribution < -0.4 is 5.73 Å². The van der Waals surface area contributed by atoms with E-state index in [0.717, 1.165) is 36.6 Å². The van der Waals surface area contributed by atoms with Crippen LogP contribution in [0.4, 0.5) is 0 Å². The van der Waals surface area contributed by atoms with Crippen LogP contribution in [0.5, 0.6) is 0 Å². The molecule has 2 atom stereocenters. The number of hydrogen-bond donors (Lipinski definition) is 2. The maximum atomic E-state index is 6.38. The predicted octanol–water partition coefficient (Wildman–Crippen LogP) is 3.43. The summed E-state index contributed by atoms with van der Waals surface area (Å²) in [5.74, 6) is 0.405. The fraction of sp³-hybridized carbons (Fsp3) is 0.250. The van der Waals surface area contributed by atoms with Gasteiger partial charge in [-0.15, -0.1) is 12.4 Å². The van der Waals surface area contributed by atoms with E-state index in [9.17, 15) is 0 Å². The Balaban J connectivity index is 0.00000182. The summed E-state index contributed by atoms with van der Waals surface area (Å²) in [5, 5.41) is 7.61. The Kier molecular flexibility index (Phi) is 5.53. The largest absolute Gasteiger partial charge is 0.326 e. The van der Waals surface area contributed by atoms with Gasteiger partial charge in [-0.3, -0.25) is 10.00 Å². The number of nitrogens with two attached hydrogens (primary N) is 1. The van der Waals surface area contributed by atoms with Gasteiger partial charge in [0.15, 0.2) is 0 Å². The molecule has 0 unspecified atom stereocenters. The standard InChI is InChI=1S/C20H22N4.ClH/c21-19-14-24(13-18(19)15-7-3-1-4-8-15)12-17-11-20(23-22-17)16-9-5-2-6-10-16;/h1-11,18-19H,12-14,21H2,(H,22,23);1H/t18-,19+;/m0./s1. The van der Waals surface area contributed by atoms with E-state index >= 15 is 0 Å². The molecule has 1 aliphatic rings. The topological polar surface area (TPSA) is 57.9 Å². The molecule has 0 bridgehead atoms. The summed E-state index contributed by atoms with van der Waals surface area (Å²) in [6.45, 7) is 2.76. The molecule has 130 valence electrons. The second kappa shape index (κ2) is 7.83. The number of benzene rings is 2. The van der Waals surface area contributed by atoms with Crippen LogP contribution in [0, 0.1) is 0 Å². The third-order valence-electron chi connectivity index (χ3n) is 4.76. The minimum Gasteiger partial charge on any atom is -0.326 e. The van der Waals surface area contributed by atoms with E-state index in [2.05, 4.69) is 63.6 Å². The average Bonchev–Trinajstić information content (AvgIpc) is 3.23. The van der Waals surface area contributed by atoms with Crippen molar-refractivity contribution in [2.45, 2.75) is 18.5 Å². The molecule has 0 spiro atoms. The molecule has 3 aromatic rings. The van der Waals surface area contributed by atoms with E-state index < -0.39 is 0 Å². The fourth-order valence-electron chi connectivity index (χ4n) is 3.54. The highest BCUT2D eigenvalue weighted by Gasteiger charge is 2.31. The second-order valence-electron chi connectivity index (χ2n) is 6.52. The summed E-state index contributed by atoms with van der Waals surface area (Å²) < 4.78 is 0. The number of aromatic nitrogens is 2. The molecule has 5 heteroatoms. The van der Waals surface area contributed by atoms with Crippen LogP contribution in [0.3, 0.4) is 0 Å². The van der Waals surface area contributed by atoms with E-state index in [1.54, 1.807) is 0 Å². The Labute approximate surface area is 154 Å². The summed E-state index contributed by atoms with van der Waals surface area (Å²) >= 11 is 0. The second-order valence-corrected chi connectivity index (χ2v) is 6.52. The summed E-state index contributed by atoms with van der Waals surface area (Å²) in [4.78, 5) is 2.41. The van der Waals surface area contributed by atoms with Crippen LogP contribution in [0.25, 0.3) is 11.3 Å². The molecule has 4 nitrogen and oxygen atoms in total. The van der Waals surface area contributed by atoms with Crippen molar-refractivity contribution in [1.82, 2.24) is 15.1 Å². The highest BCUT2D eigenvalue weighted by atomic mass is 35.5. The number of H-pyrrole nitrogens is 1. The monoisotopic (exact) mass is 354 g/mol. The first kappa shape index (κ1) is 17.7. The number of likely N-dealkylation sites (tertiary alicyclic amines) is 1. The van der Waals surface area contributed by atoms with E-state index in [1.807, 2.05) is 18.2 Å². The van der Waals surface area contributed by atoms with Crippen molar-refractivity contribution < 1.29 is 0 Å².